The summed E-state index contributed by atoms with van der Waals surface area (Å²) in [4.78, 5) is 17.6. The number of aromatic amines is 1. The summed E-state index contributed by atoms with van der Waals surface area (Å²) in [5.74, 6) is 2.10. The van der Waals surface area contributed by atoms with Gasteiger partial charge < -0.3 is 9.88 Å². The molecule has 1 aromatic rings. The highest BCUT2D eigenvalue weighted by atomic mass is 32.2. The predicted octanol–water partition coefficient (Wildman–Crippen LogP) is 2.01. The molecule has 0 bridgehead atoms. The van der Waals surface area contributed by atoms with Crippen LogP contribution >= 0.6 is 11.8 Å². The summed E-state index contributed by atoms with van der Waals surface area (Å²) in [6, 6.07) is 1.50. The maximum Gasteiger partial charge on any atom is 0.270 e. The number of sulfonamides is 1. The zero-order valence-corrected chi connectivity index (χ0v) is 15.7. The first-order chi connectivity index (χ1) is 11.5. The number of likely N-dealkylation sites (tertiary alicyclic amines) is 1. The van der Waals surface area contributed by atoms with Crippen LogP contribution in [0.5, 0.6) is 0 Å². The van der Waals surface area contributed by atoms with Crippen molar-refractivity contribution in [2.24, 2.45) is 5.92 Å². The molecule has 3 heterocycles. The van der Waals surface area contributed by atoms with Crippen molar-refractivity contribution >= 4 is 27.7 Å². The molecule has 1 aromatic heterocycles. The fraction of sp³-hybridized carbons (Fsp3) is 0.688. The summed E-state index contributed by atoms with van der Waals surface area (Å²) < 4.78 is 26.8. The van der Waals surface area contributed by atoms with Crippen LogP contribution in [0.1, 0.15) is 36.7 Å². The Morgan fingerprint density at radius 3 is 2.79 bits per heavy atom. The highest BCUT2D eigenvalue weighted by Crippen LogP contribution is 2.23. The van der Waals surface area contributed by atoms with E-state index in [1.807, 2.05) is 4.90 Å². The summed E-state index contributed by atoms with van der Waals surface area (Å²) in [6.45, 7) is 4.73. The van der Waals surface area contributed by atoms with E-state index in [1.54, 1.807) is 11.8 Å². The lowest BCUT2D eigenvalue weighted by atomic mass is 9.95. The van der Waals surface area contributed by atoms with E-state index in [9.17, 15) is 13.2 Å². The molecule has 1 unspecified atom stereocenters. The van der Waals surface area contributed by atoms with Crippen LogP contribution in [0.25, 0.3) is 0 Å². The van der Waals surface area contributed by atoms with Gasteiger partial charge in [0.25, 0.3) is 5.91 Å². The van der Waals surface area contributed by atoms with Crippen LogP contribution in [0.15, 0.2) is 17.2 Å². The third-order valence-corrected chi connectivity index (χ3v) is 7.70. The van der Waals surface area contributed by atoms with Crippen LogP contribution in [0.4, 0.5) is 0 Å². The Balaban J connectivity index is 1.73. The van der Waals surface area contributed by atoms with Crippen molar-refractivity contribution in [3.63, 3.8) is 0 Å². The van der Waals surface area contributed by atoms with Gasteiger partial charge in [-0.15, -0.1) is 0 Å². The number of hydrogen-bond donors (Lipinski definition) is 1. The Morgan fingerprint density at radius 1 is 1.33 bits per heavy atom. The molecule has 3 rings (SSSR count). The van der Waals surface area contributed by atoms with Crippen molar-refractivity contribution in [3.05, 3.63) is 18.0 Å². The maximum atomic E-state index is 12.7. The van der Waals surface area contributed by atoms with Gasteiger partial charge in [-0.3, -0.25) is 4.79 Å². The summed E-state index contributed by atoms with van der Waals surface area (Å²) in [5.41, 5.74) is 0.372. The lowest BCUT2D eigenvalue weighted by Crippen LogP contribution is -2.40. The summed E-state index contributed by atoms with van der Waals surface area (Å²) in [7, 11) is -3.50. The van der Waals surface area contributed by atoms with Gasteiger partial charge >= 0.3 is 0 Å². The monoisotopic (exact) mass is 371 g/mol. The maximum absolute atomic E-state index is 12.7. The molecule has 8 heteroatoms. The number of H-pyrrole nitrogens is 1. The fourth-order valence-electron chi connectivity index (χ4n) is 3.34. The van der Waals surface area contributed by atoms with Crippen molar-refractivity contribution < 1.29 is 13.2 Å². The van der Waals surface area contributed by atoms with Gasteiger partial charge in [0, 0.05) is 43.9 Å². The Hall–Kier alpha value is -0.990. The van der Waals surface area contributed by atoms with Crippen LogP contribution in [0.2, 0.25) is 0 Å². The number of piperidine rings is 1. The second-order valence-corrected chi connectivity index (χ2v) is 9.60. The average molecular weight is 372 g/mol. The van der Waals surface area contributed by atoms with Crippen LogP contribution in [-0.2, 0) is 10.0 Å². The molecule has 134 valence electrons. The first-order valence-corrected chi connectivity index (χ1v) is 11.2. The molecule has 1 atom stereocenters. The fourth-order valence-corrected chi connectivity index (χ4v) is 5.91. The lowest BCUT2D eigenvalue weighted by molar-refractivity contribution is 0.0666. The van der Waals surface area contributed by atoms with Gasteiger partial charge in [-0.2, -0.15) is 16.1 Å². The van der Waals surface area contributed by atoms with Gasteiger partial charge in [0.1, 0.15) is 10.6 Å². The second-order valence-electron chi connectivity index (χ2n) is 6.43. The number of carbonyl (C=O) groups is 1. The summed E-state index contributed by atoms with van der Waals surface area (Å²) >= 11 is 1.77. The van der Waals surface area contributed by atoms with Gasteiger partial charge in [0.2, 0.25) is 10.0 Å². The number of aromatic nitrogens is 1. The number of nitrogens with one attached hydrogen (secondary N) is 1. The molecule has 1 N–H and O–H groups in total. The average Bonchev–Trinajstić information content (AvgIpc) is 3.13. The summed E-state index contributed by atoms with van der Waals surface area (Å²) in [5, 5.41) is 0. The summed E-state index contributed by atoms with van der Waals surface area (Å²) in [6.07, 6.45) is 4.70. The molecule has 24 heavy (non-hydrogen) atoms. The molecule has 0 aromatic carbocycles. The minimum Gasteiger partial charge on any atom is -0.356 e. The van der Waals surface area contributed by atoms with E-state index in [0.29, 0.717) is 24.7 Å². The zero-order chi connectivity index (χ0) is 17.2. The number of nitrogens with zero attached hydrogens (tertiary/aromatic N) is 2. The van der Waals surface area contributed by atoms with E-state index in [-0.39, 0.29) is 10.8 Å². The largest absolute Gasteiger partial charge is 0.356 e. The van der Waals surface area contributed by atoms with Crippen LogP contribution in [-0.4, -0.2) is 66.2 Å². The van der Waals surface area contributed by atoms with E-state index >= 15 is 0 Å². The van der Waals surface area contributed by atoms with Crippen molar-refractivity contribution in [1.82, 2.24) is 14.2 Å². The van der Waals surface area contributed by atoms with Crippen LogP contribution in [0, 0.1) is 5.92 Å². The zero-order valence-electron chi connectivity index (χ0n) is 14.0. The highest BCUT2D eigenvalue weighted by Gasteiger charge is 2.29. The first-order valence-electron chi connectivity index (χ1n) is 8.58. The molecule has 2 saturated heterocycles. The molecular weight excluding hydrogens is 346 g/mol. The van der Waals surface area contributed by atoms with Crippen molar-refractivity contribution in [2.45, 2.75) is 31.1 Å². The number of amides is 1. The topological polar surface area (TPSA) is 73.5 Å². The predicted molar refractivity (Wildman–Crippen MR) is 95.8 cm³/mol. The van der Waals surface area contributed by atoms with Gasteiger partial charge in [-0.1, -0.05) is 13.3 Å². The molecule has 0 spiro atoms. The quantitative estimate of drug-likeness (QED) is 0.879. The van der Waals surface area contributed by atoms with E-state index in [0.717, 1.165) is 43.9 Å². The Kier molecular flexibility index (Phi) is 5.56. The van der Waals surface area contributed by atoms with Crippen LogP contribution in [0.3, 0.4) is 0 Å². The number of hydrogen-bond acceptors (Lipinski definition) is 4. The molecule has 2 aliphatic rings. The molecule has 2 fully saturated rings. The Labute approximate surface area is 148 Å². The molecule has 6 nitrogen and oxygen atoms in total. The molecular formula is C16H25N3O3S2. The van der Waals surface area contributed by atoms with Crippen LogP contribution < -0.4 is 0 Å². The normalized spacial score (nSPS) is 23.4. The number of carbonyl (C=O) groups excluding carboxylic acids is 1. The lowest BCUT2D eigenvalue weighted by Gasteiger charge is -2.32. The first kappa shape index (κ1) is 17.8. The number of rotatable bonds is 4. The minimum atomic E-state index is -3.50. The van der Waals surface area contributed by atoms with E-state index < -0.39 is 10.0 Å². The molecule has 0 aliphatic carbocycles. The second kappa shape index (κ2) is 7.49. The number of thioether (sulfide) groups is 1. The highest BCUT2D eigenvalue weighted by molar-refractivity contribution is 7.99. The van der Waals surface area contributed by atoms with Crippen molar-refractivity contribution in [3.8, 4) is 0 Å². The standard InChI is InChI=1S/C16H25N3O3S2/c1-2-13-4-3-5-18(12-13)16(20)15-10-14(11-17-15)24(21,22)19-6-8-23-9-7-19/h10-11,13,17H,2-9,12H2,1H3. The Morgan fingerprint density at radius 2 is 2.08 bits per heavy atom. The van der Waals surface area contributed by atoms with Gasteiger partial charge in [0.05, 0.1) is 0 Å². The molecule has 2 aliphatic heterocycles. The van der Waals surface area contributed by atoms with Gasteiger partial charge in [0.15, 0.2) is 0 Å². The SMILES string of the molecule is CCC1CCCN(C(=O)c2cc(S(=O)(=O)N3CCSCC3)c[nH]2)C1. The smallest absolute Gasteiger partial charge is 0.270 e. The third-order valence-electron chi connectivity index (χ3n) is 4.88. The molecule has 1 amide bonds. The van der Waals surface area contributed by atoms with Crippen molar-refractivity contribution in [2.75, 3.05) is 37.7 Å². The van der Waals surface area contributed by atoms with E-state index in [2.05, 4.69) is 11.9 Å². The Bertz CT molecular complexity index is 680. The van der Waals surface area contributed by atoms with Gasteiger partial charge in [-0.05, 0) is 24.8 Å². The van der Waals surface area contributed by atoms with Gasteiger partial charge in [-0.25, -0.2) is 8.42 Å². The van der Waals surface area contributed by atoms with E-state index in [4.69, 9.17) is 0 Å². The van der Waals surface area contributed by atoms with Crippen molar-refractivity contribution in [1.29, 1.82) is 0 Å². The third kappa shape index (κ3) is 3.65. The molecule has 0 saturated carbocycles. The van der Waals surface area contributed by atoms with E-state index in [1.165, 1.54) is 16.6 Å². The molecule has 0 radical (unpaired) electrons. The minimum absolute atomic E-state index is 0.0937.